The van der Waals surface area contributed by atoms with Crippen LogP contribution in [-0.2, 0) is 27.5 Å². The van der Waals surface area contributed by atoms with E-state index in [2.05, 4.69) is 5.32 Å². The summed E-state index contributed by atoms with van der Waals surface area (Å²) < 4.78 is 10.7. The highest BCUT2D eigenvalue weighted by atomic mass is 16.5. The van der Waals surface area contributed by atoms with Gasteiger partial charge in [0, 0.05) is 6.54 Å². The molecule has 2 aromatic rings. The maximum absolute atomic E-state index is 12.4. The molecule has 1 fully saturated rings. The summed E-state index contributed by atoms with van der Waals surface area (Å²) in [6, 6.07) is 12.8. The molecule has 1 saturated heterocycles. The zero-order valence-corrected chi connectivity index (χ0v) is 14.0. The Morgan fingerprint density at radius 2 is 2.04 bits per heavy atom. The zero-order valence-electron chi connectivity index (χ0n) is 14.0. The monoisotopic (exact) mass is 342 g/mol. The van der Waals surface area contributed by atoms with Gasteiger partial charge in [0.25, 0.3) is 0 Å². The van der Waals surface area contributed by atoms with Gasteiger partial charge in [0.15, 0.2) is 0 Å². The Morgan fingerprint density at radius 1 is 1.20 bits per heavy atom. The summed E-state index contributed by atoms with van der Waals surface area (Å²) in [5.74, 6) is 0.396. The number of ether oxygens (including phenoxy) is 1. The van der Waals surface area contributed by atoms with Crippen LogP contribution in [0.3, 0.4) is 0 Å². The Kier molecular flexibility index (Phi) is 5.85. The van der Waals surface area contributed by atoms with E-state index < -0.39 is 6.04 Å². The maximum Gasteiger partial charge on any atom is 0.249 e. The topological polar surface area (TPSA) is 71.8 Å². The number of furan rings is 1. The number of nitrogens with zero attached hydrogens (tertiary/aromatic N) is 1. The van der Waals surface area contributed by atoms with Crippen molar-refractivity contribution in [2.45, 2.75) is 32.0 Å². The van der Waals surface area contributed by atoms with Gasteiger partial charge < -0.3 is 19.4 Å². The molecule has 1 N–H and O–H groups in total. The molecule has 2 heterocycles. The van der Waals surface area contributed by atoms with Gasteiger partial charge in [0.2, 0.25) is 11.8 Å². The van der Waals surface area contributed by atoms with Crippen molar-refractivity contribution in [3.05, 3.63) is 60.1 Å². The minimum Gasteiger partial charge on any atom is -0.467 e. The molecule has 1 atom stereocenters. The normalized spacial score (nSPS) is 16.8. The molecular weight excluding hydrogens is 320 g/mol. The predicted molar refractivity (Wildman–Crippen MR) is 91.4 cm³/mol. The molecule has 0 bridgehead atoms. The number of amides is 2. The van der Waals surface area contributed by atoms with Crippen molar-refractivity contribution in [1.82, 2.24) is 10.2 Å². The van der Waals surface area contributed by atoms with Gasteiger partial charge in [-0.2, -0.15) is 0 Å². The van der Waals surface area contributed by atoms with Crippen molar-refractivity contribution in [3.63, 3.8) is 0 Å². The van der Waals surface area contributed by atoms with E-state index in [0.717, 1.165) is 12.0 Å². The maximum atomic E-state index is 12.4. The van der Waals surface area contributed by atoms with Crippen LogP contribution < -0.4 is 5.32 Å². The lowest BCUT2D eigenvalue weighted by atomic mass is 10.2. The fourth-order valence-corrected chi connectivity index (χ4v) is 2.96. The minimum atomic E-state index is -0.428. The van der Waals surface area contributed by atoms with Gasteiger partial charge in [-0.25, -0.2) is 0 Å². The van der Waals surface area contributed by atoms with Crippen LogP contribution in [-0.4, -0.2) is 35.9 Å². The Hall–Kier alpha value is -2.60. The lowest BCUT2D eigenvalue weighted by molar-refractivity contribution is -0.142. The lowest BCUT2D eigenvalue weighted by Crippen LogP contribution is -2.46. The van der Waals surface area contributed by atoms with Crippen LogP contribution in [0.4, 0.5) is 0 Å². The molecule has 0 unspecified atom stereocenters. The highest BCUT2D eigenvalue weighted by Gasteiger charge is 2.33. The van der Waals surface area contributed by atoms with Gasteiger partial charge in [0.1, 0.15) is 18.4 Å². The number of carbonyl (C=O) groups is 2. The first-order valence-corrected chi connectivity index (χ1v) is 8.45. The molecular formula is C19H22N2O4. The summed E-state index contributed by atoms with van der Waals surface area (Å²) in [6.45, 7) is 1.29. The second kappa shape index (κ2) is 8.48. The molecule has 1 aliphatic heterocycles. The summed E-state index contributed by atoms with van der Waals surface area (Å²) in [4.78, 5) is 26.4. The quantitative estimate of drug-likeness (QED) is 0.836. The van der Waals surface area contributed by atoms with Crippen LogP contribution in [0, 0.1) is 0 Å². The molecule has 0 spiro atoms. The van der Waals surface area contributed by atoms with Crippen LogP contribution in [0.2, 0.25) is 0 Å². The molecule has 0 saturated carbocycles. The largest absolute Gasteiger partial charge is 0.467 e. The average molecular weight is 342 g/mol. The highest BCUT2D eigenvalue weighted by Crippen LogP contribution is 2.18. The molecule has 3 rings (SSSR count). The van der Waals surface area contributed by atoms with Gasteiger partial charge in [-0.1, -0.05) is 30.3 Å². The number of benzene rings is 1. The molecule has 132 valence electrons. The minimum absolute atomic E-state index is 0.0170. The molecule has 1 aromatic heterocycles. The number of carbonyl (C=O) groups excluding carboxylic acids is 2. The summed E-state index contributed by atoms with van der Waals surface area (Å²) in [5.41, 5.74) is 1.02. The van der Waals surface area contributed by atoms with E-state index in [-0.39, 0.29) is 18.4 Å². The van der Waals surface area contributed by atoms with Crippen molar-refractivity contribution < 1.29 is 18.7 Å². The predicted octanol–water partition coefficient (Wildman–Crippen LogP) is 2.10. The van der Waals surface area contributed by atoms with Crippen molar-refractivity contribution in [3.8, 4) is 0 Å². The van der Waals surface area contributed by atoms with Crippen molar-refractivity contribution in [2.24, 2.45) is 0 Å². The SMILES string of the molecule is O=C(NCc1ccco1)[C@@H]1CCCN1C(=O)COCc1ccccc1. The van der Waals surface area contributed by atoms with E-state index >= 15 is 0 Å². The highest BCUT2D eigenvalue weighted by molar-refractivity contribution is 5.88. The van der Waals surface area contributed by atoms with Gasteiger partial charge in [-0.05, 0) is 30.5 Å². The first kappa shape index (κ1) is 17.2. The Balaban J connectivity index is 1.46. The molecule has 25 heavy (non-hydrogen) atoms. The Bertz CT molecular complexity index is 685. The van der Waals surface area contributed by atoms with Gasteiger partial charge in [-0.3, -0.25) is 9.59 Å². The Labute approximate surface area is 146 Å². The first-order valence-electron chi connectivity index (χ1n) is 8.45. The number of hydrogen-bond acceptors (Lipinski definition) is 4. The van der Waals surface area contributed by atoms with Crippen molar-refractivity contribution in [2.75, 3.05) is 13.2 Å². The smallest absolute Gasteiger partial charge is 0.249 e. The van der Waals surface area contributed by atoms with Crippen LogP contribution in [0.15, 0.2) is 53.1 Å². The number of nitrogens with one attached hydrogen (secondary N) is 1. The van der Waals surface area contributed by atoms with Gasteiger partial charge in [-0.15, -0.1) is 0 Å². The zero-order chi connectivity index (χ0) is 17.5. The molecule has 0 radical (unpaired) electrons. The molecule has 1 aromatic carbocycles. The molecule has 6 nitrogen and oxygen atoms in total. The van der Waals surface area contributed by atoms with Crippen LogP contribution in [0.25, 0.3) is 0 Å². The van der Waals surface area contributed by atoms with Gasteiger partial charge >= 0.3 is 0 Å². The Morgan fingerprint density at radius 3 is 2.80 bits per heavy atom. The third-order valence-electron chi connectivity index (χ3n) is 4.23. The molecule has 0 aliphatic carbocycles. The number of likely N-dealkylation sites (tertiary alicyclic amines) is 1. The standard InChI is InChI=1S/C19H22N2O4/c22-18(14-24-13-15-6-2-1-3-7-15)21-10-4-9-17(21)19(23)20-12-16-8-5-11-25-16/h1-3,5-8,11,17H,4,9-10,12-14H2,(H,20,23)/t17-/m0/s1. The molecule has 6 heteroatoms. The van der Waals surface area contributed by atoms with E-state index in [0.29, 0.717) is 31.9 Å². The third kappa shape index (κ3) is 4.70. The van der Waals surface area contributed by atoms with E-state index in [1.165, 1.54) is 0 Å². The first-order chi connectivity index (χ1) is 12.2. The number of hydrogen-bond donors (Lipinski definition) is 1. The van der Waals surface area contributed by atoms with E-state index in [1.807, 2.05) is 30.3 Å². The van der Waals surface area contributed by atoms with Crippen molar-refractivity contribution in [1.29, 1.82) is 0 Å². The van der Waals surface area contributed by atoms with E-state index in [1.54, 1.807) is 23.3 Å². The van der Waals surface area contributed by atoms with Crippen LogP contribution >= 0.6 is 0 Å². The molecule has 1 aliphatic rings. The second-order valence-corrected chi connectivity index (χ2v) is 6.02. The second-order valence-electron chi connectivity index (χ2n) is 6.02. The van der Waals surface area contributed by atoms with E-state index in [9.17, 15) is 9.59 Å². The third-order valence-corrected chi connectivity index (χ3v) is 4.23. The summed E-state index contributed by atoms with van der Waals surface area (Å²) in [7, 11) is 0. The summed E-state index contributed by atoms with van der Waals surface area (Å²) >= 11 is 0. The average Bonchev–Trinajstić information content (AvgIpc) is 3.32. The summed E-state index contributed by atoms with van der Waals surface area (Å²) in [5, 5.41) is 2.83. The fraction of sp³-hybridized carbons (Fsp3) is 0.368. The fourth-order valence-electron chi connectivity index (χ4n) is 2.96. The summed E-state index contributed by atoms with van der Waals surface area (Å²) in [6.07, 6.45) is 3.06. The number of rotatable bonds is 7. The van der Waals surface area contributed by atoms with Gasteiger partial charge in [0.05, 0.1) is 19.4 Å². The van der Waals surface area contributed by atoms with Crippen LogP contribution in [0.5, 0.6) is 0 Å². The van der Waals surface area contributed by atoms with Crippen molar-refractivity contribution >= 4 is 11.8 Å². The molecule has 2 amide bonds. The van der Waals surface area contributed by atoms with Crippen LogP contribution in [0.1, 0.15) is 24.2 Å². The van der Waals surface area contributed by atoms with E-state index in [4.69, 9.17) is 9.15 Å². The lowest BCUT2D eigenvalue weighted by Gasteiger charge is -2.23.